The number of fused-ring (bicyclic) bond motifs is 4. The first-order valence-electron chi connectivity index (χ1n) is 29.7. The van der Waals surface area contributed by atoms with Gasteiger partial charge in [-0.2, -0.15) is 18.4 Å². The second-order valence-electron chi connectivity index (χ2n) is 23.8. The highest BCUT2D eigenvalue weighted by molar-refractivity contribution is 7.81. The van der Waals surface area contributed by atoms with E-state index in [2.05, 4.69) is 25.9 Å². The molecule has 2 fully saturated rings. The number of anilines is 2. The van der Waals surface area contributed by atoms with Crippen molar-refractivity contribution in [3.05, 3.63) is 107 Å². The molecule has 0 radical (unpaired) electrons. The Balaban J connectivity index is 0.878. The quantitative estimate of drug-likeness (QED) is 0.0977. The largest absolute Gasteiger partial charge is 0.493 e. The van der Waals surface area contributed by atoms with Crippen LogP contribution in [0.2, 0.25) is 0 Å². The fourth-order valence-corrected chi connectivity index (χ4v) is 12.1. The van der Waals surface area contributed by atoms with Crippen LogP contribution in [0.3, 0.4) is 0 Å². The van der Waals surface area contributed by atoms with Gasteiger partial charge in [-0.1, -0.05) is 56.7 Å². The van der Waals surface area contributed by atoms with E-state index < -0.39 is 94.2 Å². The van der Waals surface area contributed by atoms with Gasteiger partial charge in [-0.25, -0.2) is 4.98 Å². The molecule has 2 saturated heterocycles. The lowest BCUT2D eigenvalue weighted by atomic mass is 9.85. The zero-order valence-corrected chi connectivity index (χ0v) is 52.6. The lowest BCUT2D eigenvalue weighted by molar-refractivity contribution is -0.151. The summed E-state index contributed by atoms with van der Waals surface area (Å²) in [5.41, 5.74) is 1.58. The number of rotatable bonds is 10. The number of amides is 4. The third kappa shape index (κ3) is 17.3. The summed E-state index contributed by atoms with van der Waals surface area (Å²) in [4.78, 5) is 92.3. The van der Waals surface area contributed by atoms with Gasteiger partial charge in [0.25, 0.3) is 5.91 Å². The fraction of sp³-hybridized carbons (Fsp3) is 0.508. The highest BCUT2D eigenvalue weighted by Gasteiger charge is 2.51. The van der Waals surface area contributed by atoms with Gasteiger partial charge in [0.15, 0.2) is 5.11 Å². The number of benzene rings is 3. The van der Waals surface area contributed by atoms with Crippen molar-refractivity contribution in [2.24, 2.45) is 5.41 Å². The second-order valence-corrected chi connectivity index (χ2v) is 25.1. The topological polar surface area (TPSA) is 250 Å². The van der Waals surface area contributed by atoms with E-state index >= 15 is 0 Å². The molecule has 4 amide bonds. The normalized spacial score (nSPS) is 21.3. The average molecular weight is 1270 g/mol. The van der Waals surface area contributed by atoms with E-state index in [1.54, 1.807) is 92.7 Å². The Kier molecular flexibility index (Phi) is 22.3. The van der Waals surface area contributed by atoms with Crippen LogP contribution in [0.15, 0.2) is 78.4 Å². The molecule has 5 atom stereocenters. The van der Waals surface area contributed by atoms with Gasteiger partial charge in [0, 0.05) is 63.7 Å². The van der Waals surface area contributed by atoms with E-state index in [0.29, 0.717) is 62.2 Å². The Hall–Kier alpha value is -7.86. The molecule has 8 rings (SSSR count). The Morgan fingerprint density at radius 2 is 1.64 bits per heavy atom. The lowest BCUT2D eigenvalue weighted by Gasteiger charge is -2.35. The molecular formula is C63H75F3N10O11S2. The molecule has 2 aromatic heterocycles. The van der Waals surface area contributed by atoms with Crippen molar-refractivity contribution >= 4 is 75.6 Å². The van der Waals surface area contributed by atoms with Crippen LogP contribution < -0.4 is 25.2 Å². The number of carbonyl (C=O) groups excluding carboxylic acids is 6. The molecule has 26 heteroatoms. The first-order chi connectivity index (χ1) is 42.3. The summed E-state index contributed by atoms with van der Waals surface area (Å²) >= 11 is 7.24. The third-order valence-corrected chi connectivity index (χ3v) is 17.0. The van der Waals surface area contributed by atoms with Crippen LogP contribution in [0.4, 0.5) is 24.5 Å². The summed E-state index contributed by atoms with van der Waals surface area (Å²) in [6.07, 6.45) is -1.15. The molecule has 21 nitrogen and oxygen atoms in total. The maximum absolute atomic E-state index is 14.7. The molecule has 3 aromatic carbocycles. The number of ether oxygens (including phenoxy) is 5. The molecular weight excluding hydrogens is 1190 g/mol. The summed E-state index contributed by atoms with van der Waals surface area (Å²) in [5, 5.41) is 23.6. The van der Waals surface area contributed by atoms with Crippen LogP contribution in [0, 0.1) is 23.7 Å². The van der Waals surface area contributed by atoms with Crippen LogP contribution in [0.25, 0.3) is 10.4 Å². The monoisotopic (exact) mass is 1270 g/mol. The van der Waals surface area contributed by atoms with Gasteiger partial charge in [-0.3, -0.25) is 38.3 Å². The Morgan fingerprint density at radius 1 is 0.921 bits per heavy atom. The van der Waals surface area contributed by atoms with Crippen molar-refractivity contribution in [1.29, 1.82) is 5.26 Å². The fourth-order valence-electron chi connectivity index (χ4n) is 10.8. The first kappa shape index (κ1) is 67.1. The molecule has 89 heavy (non-hydrogen) atoms. The van der Waals surface area contributed by atoms with Crippen molar-refractivity contribution in [3.8, 4) is 22.3 Å². The number of esters is 2. The number of nitrogens with zero attached hydrogens (tertiary/aromatic N) is 8. The summed E-state index contributed by atoms with van der Waals surface area (Å²) < 4.78 is 73.0. The molecule has 5 heterocycles. The summed E-state index contributed by atoms with van der Waals surface area (Å²) in [6.45, 7) is 13.2. The molecule has 0 spiro atoms. The zero-order valence-electron chi connectivity index (χ0n) is 50.9. The number of thiazole rings is 1. The molecule has 3 aliphatic rings. The highest BCUT2D eigenvalue weighted by Crippen LogP contribution is 2.40. The number of thiocarbonyl (C=S) groups is 1. The number of hydrogen-bond donors (Lipinski definition) is 2. The van der Waals surface area contributed by atoms with Crippen LogP contribution in [-0.4, -0.2) is 135 Å². The number of cyclic esters (lactones) is 1. The molecule has 476 valence electrons. The minimum absolute atomic E-state index is 0.0349. The van der Waals surface area contributed by atoms with Gasteiger partial charge in [-0.05, 0) is 118 Å². The SMILES string of the molecule is Cc1ncsc1-c1ccc([C@H](C)NC(=O)C2CC3CN2C(=O)C(C(C)(C)C)NC(=O)COCCCOCCC(CCOc2ccc(N4C(=S)N(c5ccc(C#N)c(C(F)(F)F)c5)C(=O)C4(C)C)cc2)OC(=O)CCCCCn2cc(nn2)CCC(=O)O3)cc1. The van der Waals surface area contributed by atoms with E-state index in [4.69, 9.17) is 35.9 Å². The van der Waals surface area contributed by atoms with E-state index in [1.807, 2.05) is 38.1 Å². The third-order valence-electron chi connectivity index (χ3n) is 15.6. The summed E-state index contributed by atoms with van der Waals surface area (Å²) in [5.74, 6) is -2.56. The van der Waals surface area contributed by atoms with Crippen LogP contribution in [0.1, 0.15) is 133 Å². The van der Waals surface area contributed by atoms with Gasteiger partial charge >= 0.3 is 18.1 Å². The van der Waals surface area contributed by atoms with Crippen LogP contribution >= 0.6 is 23.6 Å². The van der Waals surface area contributed by atoms with Crippen molar-refractivity contribution in [2.75, 3.05) is 49.4 Å². The van der Waals surface area contributed by atoms with Gasteiger partial charge in [-0.15, -0.1) is 16.4 Å². The number of hydrogen-bond acceptors (Lipinski definition) is 17. The predicted molar refractivity (Wildman–Crippen MR) is 327 cm³/mol. The molecule has 0 aliphatic carbocycles. The Morgan fingerprint density at radius 3 is 2.34 bits per heavy atom. The predicted octanol–water partition coefficient (Wildman–Crippen LogP) is 9.14. The zero-order chi connectivity index (χ0) is 64.2. The van der Waals surface area contributed by atoms with Crippen molar-refractivity contribution in [2.45, 2.75) is 161 Å². The standard InChI is InChI=1S/C63H75F3N10O11S2/c1-39(41-13-15-42(16-14-41)55-40(2)68-38-89-55)69-57(80)51-33-49-36-74(51)58(81)56(61(3,4)5)70-52(77)37-84-29-11-28-83-30-25-48(86-53(78)12-9-8-10-27-73-35-44(71-72-73)18-24-54(79)87-49)26-31-85-47-22-20-45(21-23-47)76-60(88)75(59(82)62(76,6)7)46-19-17-43(34-67)50(32-46)63(64,65)66/h13-17,19-23,32,35,38-39,48-49,51,56H,8-12,18,24-31,33,36-37H2,1-7H3,(H,69,80)(H,70,77)/t39-,48?,49?,51?,56?/m0/s1. The average Bonchev–Trinajstić information content (AvgIpc) is 1.64. The van der Waals surface area contributed by atoms with Crippen LogP contribution in [-0.2, 0) is 66.9 Å². The molecule has 4 bridgehead atoms. The van der Waals surface area contributed by atoms with E-state index in [0.717, 1.165) is 38.7 Å². The smallest absolute Gasteiger partial charge is 0.417 e. The number of carbonyl (C=O) groups is 6. The number of halogens is 3. The van der Waals surface area contributed by atoms with Gasteiger partial charge in [0.2, 0.25) is 17.7 Å². The lowest BCUT2D eigenvalue weighted by Crippen LogP contribution is -2.58. The number of alkyl halides is 3. The molecule has 5 aromatic rings. The molecule has 0 saturated carbocycles. The minimum Gasteiger partial charge on any atom is -0.493 e. The number of nitrogens with one attached hydrogen (secondary N) is 2. The number of aryl methyl sites for hydroxylation is 3. The first-order valence-corrected chi connectivity index (χ1v) is 31.0. The Labute approximate surface area is 524 Å². The van der Waals surface area contributed by atoms with Crippen LogP contribution in [0.5, 0.6) is 5.75 Å². The van der Waals surface area contributed by atoms with Gasteiger partial charge < -0.3 is 44.1 Å². The van der Waals surface area contributed by atoms with E-state index in [-0.39, 0.29) is 76.1 Å². The maximum atomic E-state index is 14.7. The second kappa shape index (κ2) is 29.6. The van der Waals surface area contributed by atoms with Crippen molar-refractivity contribution in [3.63, 3.8) is 0 Å². The number of nitriles is 1. The Bertz CT molecular complexity index is 3380. The number of aromatic nitrogens is 4. The maximum Gasteiger partial charge on any atom is 0.417 e. The molecule has 2 N–H and O–H groups in total. The summed E-state index contributed by atoms with van der Waals surface area (Å²) in [7, 11) is 0. The highest BCUT2D eigenvalue weighted by atomic mass is 32.1. The summed E-state index contributed by atoms with van der Waals surface area (Å²) in [6, 6.07) is 16.5. The van der Waals surface area contributed by atoms with E-state index in [9.17, 15) is 47.2 Å². The van der Waals surface area contributed by atoms with Gasteiger partial charge in [0.05, 0.1) is 76.9 Å². The van der Waals surface area contributed by atoms with Crippen molar-refractivity contribution in [1.82, 2.24) is 35.5 Å². The van der Waals surface area contributed by atoms with Gasteiger partial charge in [0.1, 0.15) is 42.2 Å². The minimum atomic E-state index is -4.84. The molecule has 4 unspecified atom stereocenters. The molecule has 3 aliphatic heterocycles. The van der Waals surface area contributed by atoms with E-state index in [1.165, 1.54) is 15.9 Å². The van der Waals surface area contributed by atoms with Crippen molar-refractivity contribution < 1.29 is 65.6 Å².